The zero-order valence-electron chi connectivity index (χ0n) is 22.5. The Morgan fingerprint density at radius 2 is 1.67 bits per heavy atom. The maximum Gasteiger partial charge on any atom is 0.0192 e. The molecule has 1 aliphatic carbocycles. The summed E-state index contributed by atoms with van der Waals surface area (Å²) in [5.41, 5.74) is 9.59. The molecule has 0 unspecified atom stereocenters. The average molecular weight is 703 g/mol. The minimum Gasteiger partial charge on any atom is -0.304 e. The van der Waals surface area contributed by atoms with Crippen LogP contribution >= 0.6 is 11.3 Å². The van der Waals surface area contributed by atoms with Crippen molar-refractivity contribution < 1.29 is 20.1 Å². The van der Waals surface area contributed by atoms with Crippen molar-refractivity contribution in [2.24, 2.45) is 0 Å². The topological polar surface area (TPSA) is 25.8 Å². The fourth-order valence-electron chi connectivity index (χ4n) is 5.15. The van der Waals surface area contributed by atoms with Crippen molar-refractivity contribution in [2.45, 2.75) is 46.5 Å². The standard InChI is InChI=1S/C21H16NS.C14H14N.Ir/c1-2-7-15-14(6-1)12-13-22-20(15)18-10-5-9-17-16-8-3-4-11-19(16)23-21(17)18;1-10-4-6-13(7-5-10)14-8-11(2)12(3)9-15-14;/h1-2,5-7,9,12-13H,3-4,8,11H2;4-6,8-9H,1-3H3;/q2*-1;. The molecular formula is C35H30IrN2S-2. The largest absolute Gasteiger partial charge is 0.304 e. The van der Waals surface area contributed by atoms with E-state index in [1.54, 1.807) is 10.4 Å². The zero-order valence-corrected chi connectivity index (χ0v) is 25.7. The molecule has 6 aromatic rings. The molecule has 0 fully saturated rings. The van der Waals surface area contributed by atoms with E-state index >= 15 is 0 Å². The molecule has 197 valence electrons. The first kappa shape index (κ1) is 27.4. The molecule has 3 aromatic heterocycles. The van der Waals surface area contributed by atoms with Crippen molar-refractivity contribution in [2.75, 3.05) is 0 Å². The van der Waals surface area contributed by atoms with Gasteiger partial charge in [-0.25, -0.2) is 0 Å². The van der Waals surface area contributed by atoms with Gasteiger partial charge in [-0.2, -0.15) is 11.3 Å². The SMILES string of the molecule is Cc1c[c-]c(-c2cc(C)c(C)cn2)cc1.[Ir].[c-]1ccc2c3c(sc2c1-c1nccc2ccccc12)CCCC3. The van der Waals surface area contributed by atoms with Crippen LogP contribution in [-0.4, -0.2) is 9.97 Å². The maximum absolute atomic E-state index is 4.71. The molecule has 0 saturated heterocycles. The van der Waals surface area contributed by atoms with Crippen LogP contribution in [0.25, 0.3) is 43.4 Å². The predicted octanol–water partition coefficient (Wildman–Crippen LogP) is 9.27. The summed E-state index contributed by atoms with van der Waals surface area (Å²) < 4.78 is 1.36. The number of hydrogen-bond acceptors (Lipinski definition) is 3. The van der Waals surface area contributed by atoms with Gasteiger partial charge in [-0.05, 0) is 88.5 Å². The number of aromatic nitrogens is 2. The molecule has 1 aliphatic rings. The number of benzene rings is 3. The van der Waals surface area contributed by atoms with E-state index in [1.807, 2.05) is 29.8 Å². The number of pyridine rings is 2. The third-order valence-electron chi connectivity index (χ3n) is 7.44. The van der Waals surface area contributed by atoms with E-state index in [0.29, 0.717) is 0 Å². The van der Waals surface area contributed by atoms with Gasteiger partial charge < -0.3 is 9.97 Å². The van der Waals surface area contributed by atoms with E-state index in [4.69, 9.17) is 4.98 Å². The molecule has 0 amide bonds. The number of nitrogens with zero attached hydrogens (tertiary/aromatic N) is 2. The molecule has 0 bridgehead atoms. The van der Waals surface area contributed by atoms with Crippen molar-refractivity contribution in [1.29, 1.82) is 0 Å². The first-order chi connectivity index (χ1) is 18.6. The van der Waals surface area contributed by atoms with E-state index in [0.717, 1.165) is 17.0 Å². The average Bonchev–Trinajstić information content (AvgIpc) is 3.34. The van der Waals surface area contributed by atoms with Gasteiger partial charge in [0, 0.05) is 32.5 Å². The minimum atomic E-state index is 0. The molecule has 0 aliphatic heterocycles. The van der Waals surface area contributed by atoms with Crippen LogP contribution < -0.4 is 0 Å². The summed E-state index contributed by atoms with van der Waals surface area (Å²) in [5, 5.41) is 3.88. The Kier molecular flexibility index (Phi) is 8.37. The Labute approximate surface area is 248 Å². The minimum absolute atomic E-state index is 0. The molecule has 4 heteroatoms. The Balaban J connectivity index is 0.000000169. The fourth-order valence-corrected chi connectivity index (χ4v) is 6.54. The Morgan fingerprint density at radius 1 is 0.821 bits per heavy atom. The normalized spacial score (nSPS) is 12.4. The Morgan fingerprint density at radius 3 is 2.49 bits per heavy atom. The first-order valence-corrected chi connectivity index (χ1v) is 14.1. The zero-order chi connectivity index (χ0) is 26.1. The number of fused-ring (bicyclic) bond motifs is 4. The van der Waals surface area contributed by atoms with Gasteiger partial charge in [0.25, 0.3) is 0 Å². The molecule has 1 radical (unpaired) electrons. The van der Waals surface area contributed by atoms with Gasteiger partial charge in [-0.1, -0.05) is 48.2 Å². The van der Waals surface area contributed by atoms with Crippen LogP contribution in [0, 0.1) is 32.9 Å². The second kappa shape index (κ2) is 11.9. The van der Waals surface area contributed by atoms with Crippen molar-refractivity contribution in [3.05, 3.63) is 118 Å². The first-order valence-electron chi connectivity index (χ1n) is 13.3. The van der Waals surface area contributed by atoms with Gasteiger partial charge >= 0.3 is 0 Å². The van der Waals surface area contributed by atoms with Gasteiger partial charge in [-0.15, -0.1) is 59.2 Å². The second-order valence-corrected chi connectivity index (χ2v) is 11.2. The van der Waals surface area contributed by atoms with E-state index < -0.39 is 0 Å². The van der Waals surface area contributed by atoms with Crippen LogP contribution in [0.2, 0.25) is 0 Å². The van der Waals surface area contributed by atoms with Crippen LogP contribution in [0.15, 0.2) is 79.1 Å². The van der Waals surface area contributed by atoms with Crippen LogP contribution in [0.4, 0.5) is 0 Å². The Bertz CT molecular complexity index is 1750. The molecule has 39 heavy (non-hydrogen) atoms. The Hall–Kier alpha value is -3.17. The van der Waals surface area contributed by atoms with E-state index in [9.17, 15) is 0 Å². The fraction of sp³-hybridized carbons (Fsp3) is 0.200. The second-order valence-electron chi connectivity index (χ2n) is 10.1. The van der Waals surface area contributed by atoms with Gasteiger partial charge in [0.1, 0.15) is 0 Å². The van der Waals surface area contributed by atoms with E-state index in [1.165, 1.54) is 68.8 Å². The van der Waals surface area contributed by atoms with Gasteiger partial charge in [0.15, 0.2) is 0 Å². The van der Waals surface area contributed by atoms with Crippen molar-refractivity contribution >= 4 is 32.2 Å². The monoisotopic (exact) mass is 703 g/mol. The third kappa shape index (κ3) is 5.61. The number of aryl methyl sites for hydroxylation is 5. The van der Waals surface area contributed by atoms with E-state index in [-0.39, 0.29) is 20.1 Å². The maximum atomic E-state index is 4.71. The summed E-state index contributed by atoms with van der Waals surface area (Å²) in [4.78, 5) is 10.7. The summed E-state index contributed by atoms with van der Waals surface area (Å²) in [5.74, 6) is 0. The van der Waals surface area contributed by atoms with Gasteiger partial charge in [0.05, 0.1) is 0 Å². The molecular weight excluding hydrogens is 673 g/mol. The van der Waals surface area contributed by atoms with E-state index in [2.05, 4.69) is 98.6 Å². The number of rotatable bonds is 2. The van der Waals surface area contributed by atoms with Crippen LogP contribution in [0.1, 0.15) is 40.0 Å². The summed E-state index contributed by atoms with van der Waals surface area (Å²) in [7, 11) is 0. The van der Waals surface area contributed by atoms with Crippen molar-refractivity contribution in [1.82, 2.24) is 9.97 Å². The predicted molar refractivity (Wildman–Crippen MR) is 161 cm³/mol. The van der Waals surface area contributed by atoms with Gasteiger partial charge in [-0.3, -0.25) is 0 Å². The summed E-state index contributed by atoms with van der Waals surface area (Å²) in [6, 6.07) is 29.8. The molecule has 0 atom stereocenters. The molecule has 0 spiro atoms. The molecule has 3 aromatic carbocycles. The third-order valence-corrected chi connectivity index (χ3v) is 8.77. The number of thiophene rings is 1. The quantitative estimate of drug-likeness (QED) is 0.168. The van der Waals surface area contributed by atoms with Crippen molar-refractivity contribution in [3.63, 3.8) is 0 Å². The summed E-state index contributed by atoms with van der Waals surface area (Å²) >= 11 is 1.96. The van der Waals surface area contributed by atoms with Crippen LogP contribution in [0.3, 0.4) is 0 Å². The van der Waals surface area contributed by atoms with Crippen molar-refractivity contribution in [3.8, 4) is 22.5 Å². The van der Waals surface area contributed by atoms with Crippen LogP contribution in [-0.2, 0) is 32.9 Å². The molecule has 0 saturated carbocycles. The number of hydrogen-bond donors (Lipinski definition) is 0. The van der Waals surface area contributed by atoms with Crippen LogP contribution in [0.5, 0.6) is 0 Å². The molecule has 0 N–H and O–H groups in total. The summed E-state index contributed by atoms with van der Waals surface area (Å²) in [6.07, 6.45) is 8.93. The summed E-state index contributed by atoms with van der Waals surface area (Å²) in [6.45, 7) is 6.24. The molecule has 7 rings (SSSR count). The molecule has 3 heterocycles. The smallest absolute Gasteiger partial charge is 0.0192 e. The molecule has 2 nitrogen and oxygen atoms in total. The van der Waals surface area contributed by atoms with Gasteiger partial charge in [0.2, 0.25) is 0 Å².